The number of aromatic nitrogens is 1. The number of nitriles is 1. The molecule has 2 aliphatic rings. The lowest BCUT2D eigenvalue weighted by Crippen LogP contribution is -2.54. The van der Waals surface area contributed by atoms with Crippen molar-refractivity contribution >= 4 is 11.6 Å². The van der Waals surface area contributed by atoms with Gasteiger partial charge in [-0.3, -0.25) is 9.78 Å². The predicted octanol–water partition coefficient (Wildman–Crippen LogP) is 4.63. The number of anilines is 1. The normalized spacial score (nSPS) is 19.0. The molecule has 1 aromatic heterocycles. The maximum atomic E-state index is 14.0. The number of ether oxygens (including phenoxy) is 2. The van der Waals surface area contributed by atoms with Crippen LogP contribution in [-0.2, 0) is 21.1 Å². The lowest BCUT2D eigenvalue weighted by molar-refractivity contribution is -0.137. The van der Waals surface area contributed by atoms with Gasteiger partial charge in [0.1, 0.15) is 11.8 Å². The second kappa shape index (κ2) is 12.6. The van der Waals surface area contributed by atoms with Gasteiger partial charge >= 0.3 is 6.18 Å². The fraction of sp³-hybridized carbons (Fsp3) is 0.406. The Labute approximate surface area is 249 Å². The van der Waals surface area contributed by atoms with Gasteiger partial charge < -0.3 is 24.6 Å². The number of amides is 1. The number of methoxy groups -OCH3 is 1. The first kappa shape index (κ1) is 30.3. The quantitative estimate of drug-likeness (QED) is 0.427. The maximum absolute atomic E-state index is 14.0. The Kier molecular flexibility index (Phi) is 8.89. The van der Waals surface area contributed by atoms with Gasteiger partial charge in [0.2, 0.25) is 5.91 Å². The lowest BCUT2D eigenvalue weighted by atomic mass is 9.72. The van der Waals surface area contributed by atoms with Crippen LogP contribution in [0, 0.1) is 11.3 Å². The molecule has 2 aliphatic heterocycles. The van der Waals surface area contributed by atoms with Gasteiger partial charge in [0.25, 0.3) is 0 Å². The highest BCUT2D eigenvalue weighted by Crippen LogP contribution is 2.40. The van der Waals surface area contributed by atoms with E-state index in [9.17, 15) is 23.2 Å². The van der Waals surface area contributed by atoms with E-state index in [2.05, 4.69) is 10.2 Å². The molecule has 3 aromatic rings. The molecule has 0 spiro atoms. The van der Waals surface area contributed by atoms with Crippen molar-refractivity contribution < 1.29 is 27.4 Å². The van der Waals surface area contributed by atoms with Gasteiger partial charge in [-0.05, 0) is 61.9 Å². The highest BCUT2D eigenvalue weighted by molar-refractivity contribution is 5.89. The van der Waals surface area contributed by atoms with Crippen molar-refractivity contribution in [3.05, 3.63) is 77.5 Å². The Morgan fingerprint density at radius 3 is 2.58 bits per heavy atom. The number of para-hydroxylation sites is 1. The summed E-state index contributed by atoms with van der Waals surface area (Å²) >= 11 is 0. The number of rotatable bonds is 7. The van der Waals surface area contributed by atoms with Crippen molar-refractivity contribution in [1.29, 1.82) is 5.26 Å². The number of carbonyl (C=O) groups excluding carboxylic acids is 1. The second-order valence-electron chi connectivity index (χ2n) is 11.0. The van der Waals surface area contributed by atoms with E-state index in [0.29, 0.717) is 62.8 Å². The minimum atomic E-state index is -4.54. The predicted molar refractivity (Wildman–Crippen MR) is 156 cm³/mol. The Bertz CT molecular complexity index is 1480. The van der Waals surface area contributed by atoms with E-state index in [1.54, 1.807) is 13.3 Å². The van der Waals surface area contributed by atoms with Gasteiger partial charge in [-0.2, -0.15) is 18.4 Å². The van der Waals surface area contributed by atoms with Gasteiger partial charge in [0, 0.05) is 44.5 Å². The van der Waals surface area contributed by atoms with Gasteiger partial charge in [0.05, 0.1) is 47.7 Å². The molecule has 8 nitrogen and oxygen atoms in total. The molecule has 0 saturated carbocycles. The maximum Gasteiger partial charge on any atom is 0.416 e. The summed E-state index contributed by atoms with van der Waals surface area (Å²) in [6.45, 7) is 3.23. The van der Waals surface area contributed by atoms with E-state index in [1.807, 2.05) is 54.4 Å². The number of piperidine rings is 1. The number of hydrogen-bond acceptors (Lipinski definition) is 7. The van der Waals surface area contributed by atoms with Crippen molar-refractivity contribution in [3.63, 3.8) is 0 Å². The van der Waals surface area contributed by atoms with Crippen molar-refractivity contribution in [2.45, 2.75) is 30.5 Å². The van der Waals surface area contributed by atoms with Crippen LogP contribution in [0.5, 0.6) is 5.75 Å². The average Bonchev–Trinajstić information content (AvgIpc) is 3.03. The van der Waals surface area contributed by atoms with Crippen LogP contribution >= 0.6 is 0 Å². The first-order valence-corrected chi connectivity index (χ1v) is 14.2. The molecule has 0 radical (unpaired) electrons. The topological polar surface area (TPSA) is 90.7 Å². The summed E-state index contributed by atoms with van der Waals surface area (Å²) in [5.74, 6) is 0.537. The van der Waals surface area contributed by atoms with Crippen molar-refractivity contribution in [1.82, 2.24) is 15.2 Å². The summed E-state index contributed by atoms with van der Waals surface area (Å²) in [5.41, 5.74) is 0.863. The van der Waals surface area contributed by atoms with Crippen LogP contribution in [0.4, 0.5) is 18.9 Å². The van der Waals surface area contributed by atoms with Crippen molar-refractivity contribution in [3.8, 4) is 23.1 Å². The largest absolute Gasteiger partial charge is 0.496 e. The van der Waals surface area contributed by atoms with Gasteiger partial charge in [-0.15, -0.1) is 0 Å². The number of hydrogen-bond donors (Lipinski definition) is 1. The molecule has 3 heterocycles. The Hall–Kier alpha value is -4.14. The molecule has 1 amide bonds. The van der Waals surface area contributed by atoms with Crippen LogP contribution in [0.15, 0.2) is 60.8 Å². The summed E-state index contributed by atoms with van der Waals surface area (Å²) in [7, 11) is 3.61. The van der Waals surface area contributed by atoms with E-state index in [1.165, 1.54) is 6.07 Å². The van der Waals surface area contributed by atoms with E-state index < -0.39 is 17.2 Å². The number of likely N-dealkylation sites (N-methyl/N-ethyl adjacent to an activating group) is 1. The van der Waals surface area contributed by atoms with Gasteiger partial charge in [0.15, 0.2) is 0 Å². The third-order valence-electron chi connectivity index (χ3n) is 8.37. The Morgan fingerprint density at radius 1 is 1.16 bits per heavy atom. The zero-order valence-corrected chi connectivity index (χ0v) is 24.2. The second-order valence-corrected chi connectivity index (χ2v) is 11.0. The van der Waals surface area contributed by atoms with E-state index in [-0.39, 0.29) is 17.6 Å². The molecule has 43 heavy (non-hydrogen) atoms. The summed E-state index contributed by atoms with van der Waals surface area (Å²) in [6.07, 6.45) is -2.19. The van der Waals surface area contributed by atoms with Crippen molar-refractivity contribution in [2.24, 2.45) is 0 Å². The minimum absolute atomic E-state index is 0.0480. The van der Waals surface area contributed by atoms with Crippen LogP contribution < -0.4 is 15.0 Å². The molecule has 2 fully saturated rings. The molecule has 226 valence electrons. The molecule has 1 N–H and O–H groups in total. The molecular formula is C32H34F3N5O3. The van der Waals surface area contributed by atoms with Gasteiger partial charge in [-0.1, -0.05) is 18.2 Å². The fourth-order valence-electron chi connectivity index (χ4n) is 5.91. The van der Waals surface area contributed by atoms with Crippen LogP contribution in [0.3, 0.4) is 0 Å². The Morgan fingerprint density at radius 2 is 1.93 bits per heavy atom. The molecule has 0 bridgehead atoms. The Balaban J connectivity index is 1.41. The number of nitrogens with one attached hydrogen (secondary N) is 1. The van der Waals surface area contributed by atoms with E-state index in [4.69, 9.17) is 14.5 Å². The first-order chi connectivity index (χ1) is 20.6. The number of morpholine rings is 1. The number of halogens is 3. The molecule has 2 aromatic carbocycles. The van der Waals surface area contributed by atoms with E-state index in [0.717, 1.165) is 29.8 Å². The molecular weight excluding hydrogens is 559 g/mol. The number of pyridine rings is 1. The molecule has 11 heteroatoms. The molecule has 2 saturated heterocycles. The van der Waals surface area contributed by atoms with Crippen LogP contribution in [0.1, 0.15) is 29.5 Å². The number of nitrogens with zero attached hydrogens (tertiary/aromatic N) is 4. The number of alkyl halides is 3. The molecule has 0 unspecified atom stereocenters. The van der Waals surface area contributed by atoms with Crippen LogP contribution in [0.2, 0.25) is 0 Å². The molecule has 0 aliphatic carbocycles. The smallest absolute Gasteiger partial charge is 0.416 e. The molecule has 5 rings (SSSR count). The van der Waals surface area contributed by atoms with Crippen LogP contribution in [0.25, 0.3) is 11.3 Å². The summed E-state index contributed by atoms with van der Waals surface area (Å²) < 4.78 is 51.2. The zero-order valence-electron chi connectivity index (χ0n) is 24.2. The van der Waals surface area contributed by atoms with Gasteiger partial charge in [-0.25, -0.2) is 0 Å². The third kappa shape index (κ3) is 6.45. The summed E-state index contributed by atoms with van der Waals surface area (Å²) in [5, 5.41) is 12.8. The van der Waals surface area contributed by atoms with Crippen molar-refractivity contribution in [2.75, 3.05) is 58.4 Å². The third-order valence-corrected chi connectivity index (χ3v) is 8.37. The number of carbonyl (C=O) groups is 1. The lowest BCUT2D eigenvalue weighted by Gasteiger charge is -2.42. The zero-order chi connectivity index (χ0) is 30.6. The van der Waals surface area contributed by atoms with Crippen LogP contribution in [-0.4, -0.2) is 75.4 Å². The molecule has 1 atom stereocenters. The standard InChI is InChI=1S/C32H34F3N5O3/c1-39-15-16-43-25(21-39)20-38-30(41)31(24-7-9-27(37-19-24)26-5-3-4-6-29(26)42-2)11-13-40(14-12-31)28-10-8-23(32(33,34)35)17-22(28)18-36/h3-10,17,19,25H,11-16,20-21H2,1-2H3,(H,38,41)/t25-/m1/s1. The summed E-state index contributed by atoms with van der Waals surface area (Å²) in [6, 6.07) is 16.5. The summed E-state index contributed by atoms with van der Waals surface area (Å²) in [4.78, 5) is 22.7. The fourth-order valence-corrected chi connectivity index (χ4v) is 5.91. The van der Waals surface area contributed by atoms with E-state index >= 15 is 0 Å². The monoisotopic (exact) mass is 593 g/mol. The number of benzene rings is 2. The minimum Gasteiger partial charge on any atom is -0.496 e. The SMILES string of the molecule is COc1ccccc1-c1ccc(C2(C(=O)NC[C@@H]3CN(C)CCO3)CCN(c3ccc(C(F)(F)F)cc3C#N)CC2)cn1. The highest BCUT2D eigenvalue weighted by atomic mass is 19.4. The highest BCUT2D eigenvalue weighted by Gasteiger charge is 2.44. The average molecular weight is 594 g/mol. The first-order valence-electron chi connectivity index (χ1n) is 14.2.